The van der Waals surface area contributed by atoms with E-state index in [1.54, 1.807) is 96.1 Å². The largest absolute Gasteiger partial charge is 0.443 e. The van der Waals surface area contributed by atoms with Gasteiger partial charge in [-0.15, -0.1) is 0 Å². The van der Waals surface area contributed by atoms with E-state index in [1.165, 1.54) is 12.3 Å². The first-order valence-electron chi connectivity index (χ1n) is 15.6. The van der Waals surface area contributed by atoms with Gasteiger partial charge in [0.2, 0.25) is 5.91 Å². The van der Waals surface area contributed by atoms with E-state index in [4.69, 9.17) is 9.47 Å². The number of benzene rings is 3. The van der Waals surface area contributed by atoms with Crippen LogP contribution >= 0.6 is 0 Å². The Labute approximate surface area is 287 Å². The number of anilines is 2. The van der Waals surface area contributed by atoms with E-state index in [9.17, 15) is 22.8 Å². The van der Waals surface area contributed by atoms with Crippen LogP contribution in [-0.4, -0.2) is 49.0 Å². The normalized spacial score (nSPS) is 12.5. The van der Waals surface area contributed by atoms with Crippen molar-refractivity contribution in [3.63, 3.8) is 0 Å². The number of imide groups is 1. The maximum absolute atomic E-state index is 13.8. The molecule has 11 nitrogen and oxygen atoms in total. The van der Waals surface area contributed by atoms with E-state index in [0.29, 0.717) is 27.6 Å². The van der Waals surface area contributed by atoms with Crippen LogP contribution in [0.4, 0.5) is 21.1 Å². The van der Waals surface area contributed by atoms with Crippen LogP contribution in [0.15, 0.2) is 90.5 Å². The van der Waals surface area contributed by atoms with Crippen molar-refractivity contribution in [3.05, 3.63) is 102 Å². The number of amides is 3. The van der Waals surface area contributed by atoms with E-state index >= 15 is 0 Å². The summed E-state index contributed by atoms with van der Waals surface area (Å²) < 4.78 is 35.8. The summed E-state index contributed by atoms with van der Waals surface area (Å²) in [5.74, 6) is -0.383. The van der Waals surface area contributed by atoms with E-state index in [1.807, 2.05) is 18.2 Å². The van der Waals surface area contributed by atoms with Crippen LogP contribution in [-0.2, 0) is 30.7 Å². The number of ether oxygens (including phenoxy) is 2. The first kappa shape index (κ1) is 36.6. The summed E-state index contributed by atoms with van der Waals surface area (Å²) >= 11 is 0. The van der Waals surface area contributed by atoms with Gasteiger partial charge in [-0.05, 0) is 100 Å². The summed E-state index contributed by atoms with van der Waals surface area (Å²) in [5.41, 5.74) is 0.656. The quantitative estimate of drug-likeness (QED) is 0.184. The highest BCUT2D eigenvalue weighted by Crippen LogP contribution is 2.31. The number of fused-ring (bicyclic) bond motifs is 1. The van der Waals surface area contributed by atoms with Crippen LogP contribution in [0, 0.1) is 0 Å². The zero-order chi connectivity index (χ0) is 36.1. The molecule has 3 amide bonds. The van der Waals surface area contributed by atoms with Gasteiger partial charge in [0.25, 0.3) is 0 Å². The first-order chi connectivity index (χ1) is 22.9. The summed E-state index contributed by atoms with van der Waals surface area (Å²) in [7, 11) is -3.52. The highest BCUT2D eigenvalue weighted by atomic mass is 32.2. The molecule has 0 aliphatic carbocycles. The predicted octanol–water partition coefficient (Wildman–Crippen LogP) is 7.43. The average Bonchev–Trinajstić information content (AvgIpc) is 3.00. The molecule has 0 fully saturated rings. The van der Waals surface area contributed by atoms with Crippen LogP contribution in [0.1, 0.15) is 64.3 Å². The lowest BCUT2D eigenvalue weighted by molar-refractivity contribution is -0.122. The Morgan fingerprint density at radius 3 is 2.16 bits per heavy atom. The molecule has 12 heteroatoms. The molecule has 0 bridgehead atoms. The second-order valence-corrected chi connectivity index (χ2v) is 15.4. The Bertz CT molecular complexity index is 1970. The van der Waals surface area contributed by atoms with Crippen molar-refractivity contribution in [1.29, 1.82) is 0 Å². The van der Waals surface area contributed by atoms with Crippen molar-refractivity contribution >= 4 is 56.3 Å². The summed E-state index contributed by atoms with van der Waals surface area (Å²) in [6, 6.07) is 19.8. The molecule has 0 aliphatic heterocycles. The number of aromatic nitrogens is 1. The molecule has 4 rings (SSSR count). The molecule has 49 heavy (non-hydrogen) atoms. The van der Waals surface area contributed by atoms with Crippen molar-refractivity contribution in [2.24, 2.45) is 0 Å². The SMILES string of the molecule is C=Cc1cccc(C(Nc2ccc3c(N(C(=O)OC(C)(C)C)C(=O)OC(C)(C)C)nccc3c2)C(=O)NCc2ccccc2S(C)(=O)=O)c1. The molecule has 4 aromatic rings. The van der Waals surface area contributed by atoms with Gasteiger partial charge in [-0.3, -0.25) is 4.79 Å². The third kappa shape index (κ3) is 9.66. The number of carbonyl (C=O) groups is 3. The van der Waals surface area contributed by atoms with E-state index in [2.05, 4.69) is 22.2 Å². The van der Waals surface area contributed by atoms with Crippen molar-refractivity contribution in [1.82, 2.24) is 10.3 Å². The predicted molar refractivity (Wildman–Crippen MR) is 191 cm³/mol. The molecular weight excluding hydrogens is 644 g/mol. The van der Waals surface area contributed by atoms with Crippen molar-refractivity contribution in [3.8, 4) is 0 Å². The van der Waals surface area contributed by atoms with Crippen molar-refractivity contribution in [2.45, 2.75) is 70.2 Å². The Morgan fingerprint density at radius 2 is 1.55 bits per heavy atom. The minimum atomic E-state index is -3.52. The molecule has 1 atom stereocenters. The smallest absolute Gasteiger partial charge is 0.425 e. The van der Waals surface area contributed by atoms with Crippen LogP contribution < -0.4 is 15.5 Å². The number of nitrogens with zero attached hydrogens (tertiary/aromatic N) is 2. The van der Waals surface area contributed by atoms with E-state index in [-0.39, 0.29) is 17.3 Å². The van der Waals surface area contributed by atoms with E-state index in [0.717, 1.165) is 16.7 Å². The molecule has 258 valence electrons. The number of hydrogen-bond acceptors (Lipinski definition) is 9. The molecule has 1 heterocycles. The number of sulfone groups is 1. The van der Waals surface area contributed by atoms with Gasteiger partial charge in [0, 0.05) is 30.1 Å². The Kier molecular flexibility index (Phi) is 10.8. The third-order valence-electron chi connectivity index (χ3n) is 6.99. The highest BCUT2D eigenvalue weighted by molar-refractivity contribution is 7.90. The number of nitrogens with one attached hydrogen (secondary N) is 2. The summed E-state index contributed by atoms with van der Waals surface area (Å²) in [6.45, 7) is 14.0. The van der Waals surface area contributed by atoms with Gasteiger partial charge in [-0.2, -0.15) is 4.90 Å². The molecule has 0 radical (unpaired) electrons. The maximum Gasteiger partial charge on any atom is 0.425 e. The molecule has 1 unspecified atom stereocenters. The zero-order valence-electron chi connectivity index (χ0n) is 28.7. The molecule has 0 aliphatic rings. The number of pyridine rings is 1. The second-order valence-electron chi connectivity index (χ2n) is 13.4. The number of hydrogen-bond donors (Lipinski definition) is 2. The van der Waals surface area contributed by atoms with Gasteiger partial charge in [-0.1, -0.05) is 49.1 Å². The monoisotopic (exact) mass is 686 g/mol. The fourth-order valence-electron chi connectivity index (χ4n) is 4.92. The van der Waals surface area contributed by atoms with Crippen molar-refractivity contribution in [2.75, 3.05) is 16.5 Å². The van der Waals surface area contributed by atoms with Crippen LogP contribution in [0.25, 0.3) is 16.8 Å². The fourth-order valence-corrected chi connectivity index (χ4v) is 5.86. The van der Waals surface area contributed by atoms with Gasteiger partial charge >= 0.3 is 12.2 Å². The van der Waals surface area contributed by atoms with Gasteiger partial charge in [-0.25, -0.2) is 23.0 Å². The van der Waals surface area contributed by atoms with Crippen LogP contribution in [0.2, 0.25) is 0 Å². The summed E-state index contributed by atoms with van der Waals surface area (Å²) in [6.07, 6.45) is 2.37. The van der Waals surface area contributed by atoms with Gasteiger partial charge in [0.1, 0.15) is 17.2 Å². The van der Waals surface area contributed by atoms with Gasteiger partial charge in [0.05, 0.1) is 4.90 Å². The number of rotatable bonds is 9. The minimum Gasteiger partial charge on any atom is -0.443 e. The standard InChI is InChI=1S/C37H42N4O7S/c1-9-24-13-12-15-26(21-24)31(33(42)39-23-27-14-10-11-16-30(27)49(8,45)46)40-28-17-18-29-25(22-28)19-20-38-32(29)41(34(43)47-36(2,3)4)35(44)48-37(5,6)7/h9-22,31,40H,1,23H2,2-8H3,(H,39,42). The minimum absolute atomic E-state index is 0.0146. The Balaban J connectivity index is 1.71. The van der Waals surface area contributed by atoms with Gasteiger partial charge in [0.15, 0.2) is 15.7 Å². The lowest BCUT2D eigenvalue weighted by atomic mass is 10.0. The Morgan fingerprint density at radius 1 is 0.898 bits per heavy atom. The molecule has 1 aromatic heterocycles. The lowest BCUT2D eigenvalue weighted by Gasteiger charge is -2.28. The third-order valence-corrected chi connectivity index (χ3v) is 8.18. The van der Waals surface area contributed by atoms with E-state index < -0.39 is 45.2 Å². The maximum atomic E-state index is 13.8. The molecule has 0 saturated heterocycles. The first-order valence-corrected chi connectivity index (χ1v) is 17.4. The topological polar surface area (TPSA) is 144 Å². The summed E-state index contributed by atoms with van der Waals surface area (Å²) in [4.78, 5) is 45.7. The Hall–Kier alpha value is -5.23. The summed E-state index contributed by atoms with van der Waals surface area (Å²) in [5, 5.41) is 7.23. The molecule has 0 saturated carbocycles. The fraction of sp³-hybridized carbons (Fsp3) is 0.297. The van der Waals surface area contributed by atoms with Crippen molar-refractivity contribution < 1.29 is 32.3 Å². The average molecular weight is 687 g/mol. The molecule has 0 spiro atoms. The molecule has 2 N–H and O–H groups in total. The van der Waals surface area contributed by atoms with Gasteiger partial charge < -0.3 is 20.1 Å². The van der Waals surface area contributed by atoms with Crippen LogP contribution in [0.5, 0.6) is 0 Å². The lowest BCUT2D eigenvalue weighted by Crippen LogP contribution is -2.44. The highest BCUT2D eigenvalue weighted by Gasteiger charge is 2.34. The second kappa shape index (κ2) is 14.5. The van der Waals surface area contributed by atoms with Crippen LogP contribution in [0.3, 0.4) is 0 Å². The molecule has 3 aromatic carbocycles. The molecular formula is C37H42N4O7S. The zero-order valence-corrected chi connectivity index (χ0v) is 29.6. The number of carbonyl (C=O) groups excluding carboxylic acids is 3.